The molecule has 5 nitrogen and oxygen atoms in total. The van der Waals surface area contributed by atoms with Crippen molar-refractivity contribution in [3.05, 3.63) is 122 Å². The lowest BCUT2D eigenvalue weighted by molar-refractivity contribution is -0.137. The molecule has 0 aliphatic heterocycles. The monoisotopic (exact) mass is 757 g/mol. The van der Waals surface area contributed by atoms with E-state index >= 15 is 0 Å². The Morgan fingerprint density at radius 2 is 1.50 bits per heavy atom. The largest absolute Gasteiger partial charge is 0.416 e. The van der Waals surface area contributed by atoms with E-state index in [-0.39, 0.29) is 23.6 Å². The Balaban J connectivity index is 1.28. The Labute approximate surface area is 307 Å². The van der Waals surface area contributed by atoms with Crippen LogP contribution in [-0.4, -0.2) is 45.2 Å². The number of hydrogen-bond acceptors (Lipinski definition) is 4. The standard InChI is InChI=1S/C38H33Cl3F3N3O2S/c1-2-19-46(36(48)26-7-4-8-27(21-26)38(42,43)44)28-9-11-29(12-10-28)47(22-23-5-3-6-25(20-23)24-15-17-45-18-16-24)37(49)35-32(40)30-13-14-31(39)33(41)34(30)50-35/h3-8,13-18,20-21,28-29H,2,9-12,19,22H2,1H3. The first-order valence-electron chi connectivity index (χ1n) is 16.3. The Morgan fingerprint density at radius 1 is 0.820 bits per heavy atom. The van der Waals surface area contributed by atoms with Crippen molar-refractivity contribution in [2.45, 2.75) is 63.8 Å². The van der Waals surface area contributed by atoms with Gasteiger partial charge < -0.3 is 9.80 Å². The first kappa shape index (κ1) is 36.2. The Bertz CT molecular complexity index is 2010. The van der Waals surface area contributed by atoms with E-state index in [9.17, 15) is 22.8 Å². The molecule has 50 heavy (non-hydrogen) atoms. The van der Waals surface area contributed by atoms with Crippen molar-refractivity contribution in [1.29, 1.82) is 0 Å². The molecule has 0 bridgehead atoms. The number of pyridine rings is 1. The summed E-state index contributed by atoms with van der Waals surface area (Å²) >= 11 is 20.9. The van der Waals surface area contributed by atoms with Crippen molar-refractivity contribution < 1.29 is 22.8 Å². The first-order valence-corrected chi connectivity index (χ1v) is 18.3. The maximum Gasteiger partial charge on any atom is 0.416 e. The van der Waals surface area contributed by atoms with Crippen LogP contribution in [0, 0.1) is 0 Å². The van der Waals surface area contributed by atoms with E-state index in [2.05, 4.69) is 11.1 Å². The molecule has 5 aromatic rings. The van der Waals surface area contributed by atoms with Crippen molar-refractivity contribution in [3.63, 3.8) is 0 Å². The van der Waals surface area contributed by atoms with Crippen LogP contribution in [0.4, 0.5) is 13.2 Å². The first-order chi connectivity index (χ1) is 24.0. The molecule has 2 amide bonds. The second-order valence-electron chi connectivity index (χ2n) is 12.4. The predicted molar refractivity (Wildman–Crippen MR) is 195 cm³/mol. The van der Waals surface area contributed by atoms with Gasteiger partial charge in [-0.25, -0.2) is 0 Å². The normalized spacial score (nSPS) is 16.4. The molecule has 12 heteroatoms. The predicted octanol–water partition coefficient (Wildman–Crippen LogP) is 11.4. The number of nitrogens with zero attached hydrogens (tertiary/aromatic N) is 3. The summed E-state index contributed by atoms with van der Waals surface area (Å²) in [6.07, 6.45) is 1.91. The van der Waals surface area contributed by atoms with Crippen molar-refractivity contribution in [2.75, 3.05) is 6.54 Å². The van der Waals surface area contributed by atoms with Crippen LogP contribution in [-0.2, 0) is 12.7 Å². The van der Waals surface area contributed by atoms with E-state index in [0.29, 0.717) is 75.2 Å². The highest BCUT2D eigenvalue weighted by atomic mass is 35.5. The third kappa shape index (κ3) is 7.66. The number of thiophene rings is 1. The van der Waals surface area contributed by atoms with E-state index in [4.69, 9.17) is 34.8 Å². The molecule has 0 radical (unpaired) electrons. The number of carbonyl (C=O) groups excluding carboxylic acids is 2. The van der Waals surface area contributed by atoms with E-state index in [0.717, 1.165) is 28.8 Å². The number of carbonyl (C=O) groups is 2. The number of alkyl halides is 3. The van der Waals surface area contributed by atoms with Gasteiger partial charge >= 0.3 is 6.18 Å². The molecule has 0 spiro atoms. The average molecular weight is 759 g/mol. The lowest BCUT2D eigenvalue weighted by Crippen LogP contribution is -2.47. The highest BCUT2D eigenvalue weighted by Gasteiger charge is 2.36. The van der Waals surface area contributed by atoms with Crippen LogP contribution in [0.5, 0.6) is 0 Å². The molecule has 1 fully saturated rings. The number of halogens is 6. The third-order valence-corrected chi connectivity index (χ3v) is 11.8. The number of amides is 2. The van der Waals surface area contributed by atoms with E-state index in [1.807, 2.05) is 42.2 Å². The summed E-state index contributed by atoms with van der Waals surface area (Å²) in [5.74, 6) is -0.651. The van der Waals surface area contributed by atoms with Gasteiger partial charge in [-0.3, -0.25) is 14.6 Å². The minimum Gasteiger partial charge on any atom is -0.336 e. The zero-order chi connectivity index (χ0) is 35.6. The molecule has 1 aliphatic rings. The molecule has 2 aromatic heterocycles. The Morgan fingerprint density at radius 3 is 2.18 bits per heavy atom. The lowest BCUT2D eigenvalue weighted by Gasteiger charge is -2.41. The Kier molecular flexibility index (Phi) is 11.1. The van der Waals surface area contributed by atoms with Gasteiger partial charge in [0, 0.05) is 48.5 Å². The molecular formula is C38H33Cl3F3N3O2S. The molecule has 2 heterocycles. The van der Waals surface area contributed by atoms with Gasteiger partial charge in [0.1, 0.15) is 4.88 Å². The van der Waals surface area contributed by atoms with Gasteiger partial charge in [0.15, 0.2) is 0 Å². The Hall–Kier alpha value is -3.63. The number of fused-ring (bicyclic) bond motifs is 1. The summed E-state index contributed by atoms with van der Waals surface area (Å²) in [6, 6.07) is 19.5. The molecule has 0 unspecified atom stereocenters. The highest BCUT2D eigenvalue weighted by molar-refractivity contribution is 7.22. The summed E-state index contributed by atoms with van der Waals surface area (Å²) < 4.78 is 41.0. The third-order valence-electron chi connectivity index (χ3n) is 9.15. The van der Waals surface area contributed by atoms with E-state index < -0.39 is 17.6 Å². The smallest absolute Gasteiger partial charge is 0.336 e. The minimum atomic E-state index is -4.55. The number of benzene rings is 3. The fourth-order valence-electron chi connectivity index (χ4n) is 6.67. The fourth-order valence-corrected chi connectivity index (χ4v) is 8.66. The minimum absolute atomic E-state index is 0.0134. The quantitative estimate of drug-likeness (QED) is 0.150. The van der Waals surface area contributed by atoms with E-state index in [1.54, 1.807) is 29.4 Å². The summed E-state index contributed by atoms with van der Waals surface area (Å²) in [5.41, 5.74) is 2.08. The zero-order valence-electron chi connectivity index (χ0n) is 27.0. The van der Waals surface area contributed by atoms with Crippen LogP contribution in [0.2, 0.25) is 15.1 Å². The van der Waals surface area contributed by atoms with Gasteiger partial charge in [-0.05, 0) is 91.3 Å². The molecule has 0 N–H and O–H groups in total. The lowest BCUT2D eigenvalue weighted by atomic mass is 9.88. The molecule has 1 saturated carbocycles. The molecule has 1 aliphatic carbocycles. The molecule has 3 aromatic carbocycles. The van der Waals surface area contributed by atoms with Gasteiger partial charge in [-0.15, -0.1) is 11.3 Å². The van der Waals surface area contributed by atoms with Crippen LogP contribution >= 0.6 is 46.1 Å². The maximum atomic E-state index is 14.5. The van der Waals surface area contributed by atoms with Crippen molar-refractivity contribution in [3.8, 4) is 11.1 Å². The van der Waals surface area contributed by atoms with Crippen molar-refractivity contribution in [1.82, 2.24) is 14.8 Å². The molecule has 0 atom stereocenters. The van der Waals surface area contributed by atoms with Gasteiger partial charge in [-0.1, -0.05) is 72.1 Å². The second kappa shape index (κ2) is 15.3. The second-order valence-corrected chi connectivity index (χ2v) is 14.6. The summed E-state index contributed by atoms with van der Waals surface area (Å²) in [5, 5.41) is 1.68. The average Bonchev–Trinajstić information content (AvgIpc) is 3.47. The summed E-state index contributed by atoms with van der Waals surface area (Å²) in [4.78, 5) is 36.2. The van der Waals surface area contributed by atoms with Crippen LogP contribution in [0.15, 0.2) is 85.2 Å². The van der Waals surface area contributed by atoms with Gasteiger partial charge in [0.05, 0.1) is 25.3 Å². The van der Waals surface area contributed by atoms with E-state index in [1.165, 1.54) is 23.5 Å². The molecule has 260 valence electrons. The zero-order valence-corrected chi connectivity index (χ0v) is 30.1. The highest BCUT2D eigenvalue weighted by Crippen LogP contribution is 2.43. The SMILES string of the molecule is CCCN(C(=O)c1cccc(C(F)(F)F)c1)C1CCC(N(Cc2cccc(-c3ccncc3)c2)C(=O)c2sc3c(Cl)c(Cl)ccc3c2Cl)CC1. The van der Waals surface area contributed by atoms with Crippen LogP contribution in [0.3, 0.4) is 0 Å². The topological polar surface area (TPSA) is 53.5 Å². The molecule has 6 rings (SSSR count). The van der Waals surface area contributed by atoms with Gasteiger partial charge in [0.25, 0.3) is 11.8 Å². The van der Waals surface area contributed by atoms with Crippen LogP contribution in [0.1, 0.15) is 70.2 Å². The van der Waals surface area contributed by atoms with Gasteiger partial charge in [-0.2, -0.15) is 13.2 Å². The molecular weight excluding hydrogens is 726 g/mol. The summed E-state index contributed by atoms with van der Waals surface area (Å²) in [6.45, 7) is 2.66. The van der Waals surface area contributed by atoms with Crippen LogP contribution < -0.4 is 0 Å². The number of aromatic nitrogens is 1. The number of hydrogen-bond donors (Lipinski definition) is 0. The van der Waals surface area contributed by atoms with Gasteiger partial charge in [0.2, 0.25) is 0 Å². The molecule has 0 saturated heterocycles. The van der Waals surface area contributed by atoms with Crippen molar-refractivity contribution in [2.24, 2.45) is 0 Å². The summed E-state index contributed by atoms with van der Waals surface area (Å²) in [7, 11) is 0. The fraction of sp³-hybridized carbons (Fsp3) is 0.289. The van der Waals surface area contributed by atoms with Crippen molar-refractivity contribution >= 4 is 68.0 Å². The maximum absolute atomic E-state index is 14.5. The van der Waals surface area contributed by atoms with Crippen LogP contribution in [0.25, 0.3) is 21.2 Å². The number of rotatable bonds is 9.